The van der Waals surface area contributed by atoms with Crippen LogP contribution in [0.1, 0.15) is 15.9 Å². The molecule has 1 N–H and O–H groups in total. The maximum absolute atomic E-state index is 14.2. The van der Waals surface area contributed by atoms with Crippen LogP contribution in [0.4, 0.5) is 18.0 Å². The average Bonchev–Trinajstić information content (AvgIpc) is 2.72. The van der Waals surface area contributed by atoms with Gasteiger partial charge in [0, 0.05) is 25.2 Å². The predicted octanol–water partition coefficient (Wildman–Crippen LogP) is 3.41. The van der Waals surface area contributed by atoms with E-state index in [9.17, 15) is 22.8 Å². The van der Waals surface area contributed by atoms with Crippen LogP contribution in [0.2, 0.25) is 0 Å². The number of halogens is 3. The van der Waals surface area contributed by atoms with E-state index >= 15 is 0 Å². The SMILES string of the molecule is O=C(OCc1ccccc1)N1CCNCC1(C(=O)c1ccccc1)C(F)(F)F. The highest BCUT2D eigenvalue weighted by Crippen LogP contribution is 2.39. The van der Waals surface area contributed by atoms with Crippen LogP contribution in [0.3, 0.4) is 0 Å². The van der Waals surface area contributed by atoms with Crippen molar-refractivity contribution in [3.05, 3.63) is 71.8 Å². The Labute approximate surface area is 160 Å². The third-order valence-electron chi connectivity index (χ3n) is 4.66. The Kier molecular flexibility index (Phi) is 5.69. The number of hydrogen-bond donors (Lipinski definition) is 1. The first-order valence-electron chi connectivity index (χ1n) is 8.72. The quantitative estimate of drug-likeness (QED) is 0.811. The van der Waals surface area contributed by atoms with Gasteiger partial charge in [-0.3, -0.25) is 9.69 Å². The fourth-order valence-corrected chi connectivity index (χ4v) is 3.20. The molecule has 1 aliphatic rings. The van der Waals surface area contributed by atoms with E-state index in [1.165, 1.54) is 24.3 Å². The van der Waals surface area contributed by atoms with Gasteiger partial charge in [0.05, 0.1) is 0 Å². The van der Waals surface area contributed by atoms with Gasteiger partial charge in [0.1, 0.15) is 6.61 Å². The van der Waals surface area contributed by atoms with Crippen LogP contribution in [0.5, 0.6) is 0 Å². The molecule has 1 unspecified atom stereocenters. The van der Waals surface area contributed by atoms with Crippen molar-refractivity contribution in [1.29, 1.82) is 0 Å². The van der Waals surface area contributed by atoms with E-state index in [4.69, 9.17) is 4.74 Å². The van der Waals surface area contributed by atoms with Crippen LogP contribution in [-0.4, -0.2) is 48.1 Å². The maximum Gasteiger partial charge on any atom is 0.420 e. The molecule has 2 aromatic rings. The summed E-state index contributed by atoms with van der Waals surface area (Å²) in [6, 6.07) is 15.8. The van der Waals surface area contributed by atoms with Crippen molar-refractivity contribution in [1.82, 2.24) is 10.2 Å². The number of nitrogens with zero attached hydrogens (tertiary/aromatic N) is 1. The summed E-state index contributed by atoms with van der Waals surface area (Å²) in [7, 11) is 0. The average molecular weight is 392 g/mol. The molecule has 0 bridgehead atoms. The summed E-state index contributed by atoms with van der Waals surface area (Å²) in [6.07, 6.45) is -6.16. The van der Waals surface area contributed by atoms with Gasteiger partial charge in [-0.1, -0.05) is 60.7 Å². The van der Waals surface area contributed by atoms with Gasteiger partial charge in [-0.2, -0.15) is 13.2 Å². The number of nitrogens with one attached hydrogen (secondary N) is 1. The van der Waals surface area contributed by atoms with Gasteiger partial charge in [-0.15, -0.1) is 0 Å². The summed E-state index contributed by atoms with van der Waals surface area (Å²) in [5, 5.41) is 2.60. The normalized spacial score (nSPS) is 19.9. The highest BCUT2D eigenvalue weighted by atomic mass is 19.4. The molecule has 0 aromatic heterocycles. The summed E-state index contributed by atoms with van der Waals surface area (Å²) in [5.74, 6) is -1.19. The molecule has 1 atom stereocenters. The van der Waals surface area contributed by atoms with Crippen molar-refractivity contribution in [2.75, 3.05) is 19.6 Å². The number of carbonyl (C=O) groups excluding carboxylic acids is 2. The second-order valence-corrected chi connectivity index (χ2v) is 6.42. The minimum Gasteiger partial charge on any atom is -0.445 e. The van der Waals surface area contributed by atoms with Gasteiger partial charge in [0.2, 0.25) is 5.54 Å². The second kappa shape index (κ2) is 8.02. The zero-order chi connectivity index (χ0) is 20.2. The number of alkyl halides is 3. The summed E-state index contributed by atoms with van der Waals surface area (Å²) in [6.45, 7) is -1.09. The Morgan fingerprint density at radius 1 is 1.04 bits per heavy atom. The topological polar surface area (TPSA) is 58.6 Å². The van der Waals surface area contributed by atoms with Crippen LogP contribution >= 0.6 is 0 Å². The van der Waals surface area contributed by atoms with Gasteiger partial charge >= 0.3 is 12.3 Å². The number of piperazine rings is 1. The summed E-state index contributed by atoms with van der Waals surface area (Å²) >= 11 is 0. The molecule has 1 saturated heterocycles. The highest BCUT2D eigenvalue weighted by molar-refractivity contribution is 6.05. The largest absolute Gasteiger partial charge is 0.445 e. The highest BCUT2D eigenvalue weighted by Gasteiger charge is 2.66. The molecule has 8 heteroatoms. The Bertz CT molecular complexity index is 828. The summed E-state index contributed by atoms with van der Waals surface area (Å²) in [5.41, 5.74) is -2.51. The number of ketones is 1. The van der Waals surface area contributed by atoms with Crippen molar-refractivity contribution in [3.8, 4) is 0 Å². The van der Waals surface area contributed by atoms with E-state index in [-0.39, 0.29) is 25.3 Å². The van der Waals surface area contributed by atoms with Gasteiger partial charge < -0.3 is 10.1 Å². The molecule has 2 aromatic carbocycles. The molecule has 5 nitrogen and oxygen atoms in total. The van der Waals surface area contributed by atoms with Crippen LogP contribution in [0, 0.1) is 0 Å². The van der Waals surface area contributed by atoms with Crippen molar-refractivity contribution in [2.24, 2.45) is 0 Å². The van der Waals surface area contributed by atoms with E-state index in [0.29, 0.717) is 10.5 Å². The van der Waals surface area contributed by atoms with Gasteiger partial charge in [0.15, 0.2) is 5.78 Å². The molecule has 0 aliphatic carbocycles. The van der Waals surface area contributed by atoms with Crippen molar-refractivity contribution >= 4 is 11.9 Å². The van der Waals surface area contributed by atoms with Crippen LogP contribution in [-0.2, 0) is 11.3 Å². The molecule has 28 heavy (non-hydrogen) atoms. The molecule has 1 amide bonds. The number of Topliss-reactive ketones (excluding diaryl/α,β-unsaturated/α-hetero) is 1. The maximum atomic E-state index is 14.2. The molecule has 3 rings (SSSR count). The lowest BCUT2D eigenvalue weighted by Crippen LogP contribution is -2.73. The Hall–Kier alpha value is -2.87. The number of ether oxygens (including phenoxy) is 1. The van der Waals surface area contributed by atoms with E-state index in [0.717, 1.165) is 0 Å². The fourth-order valence-electron chi connectivity index (χ4n) is 3.20. The lowest BCUT2D eigenvalue weighted by Gasteiger charge is -2.45. The first-order valence-corrected chi connectivity index (χ1v) is 8.72. The fraction of sp³-hybridized carbons (Fsp3) is 0.300. The van der Waals surface area contributed by atoms with E-state index in [1.807, 2.05) is 0 Å². The standard InChI is InChI=1S/C20H19F3N2O3/c21-20(22,23)19(17(26)16-9-5-2-6-10-16)14-24-11-12-25(19)18(27)28-13-15-7-3-1-4-8-15/h1-10,24H,11-14H2. The predicted molar refractivity (Wildman–Crippen MR) is 95.8 cm³/mol. The molecular formula is C20H19F3N2O3. The van der Waals surface area contributed by atoms with Crippen molar-refractivity contribution in [2.45, 2.75) is 18.3 Å². The van der Waals surface area contributed by atoms with E-state index in [1.54, 1.807) is 36.4 Å². The monoisotopic (exact) mass is 392 g/mol. The number of amides is 1. The Morgan fingerprint density at radius 2 is 1.64 bits per heavy atom. The third kappa shape index (κ3) is 3.73. The van der Waals surface area contributed by atoms with Gasteiger partial charge in [-0.25, -0.2) is 4.79 Å². The summed E-state index contributed by atoms with van der Waals surface area (Å²) < 4.78 is 47.7. The first-order chi connectivity index (χ1) is 13.4. The zero-order valence-corrected chi connectivity index (χ0v) is 14.9. The second-order valence-electron chi connectivity index (χ2n) is 6.42. The Balaban J connectivity index is 1.92. The minimum absolute atomic E-state index is 0.121. The minimum atomic E-state index is -4.99. The smallest absolute Gasteiger partial charge is 0.420 e. The van der Waals surface area contributed by atoms with Gasteiger partial charge in [-0.05, 0) is 5.56 Å². The van der Waals surface area contributed by atoms with Crippen molar-refractivity contribution in [3.63, 3.8) is 0 Å². The molecule has 1 fully saturated rings. The van der Waals surface area contributed by atoms with Crippen LogP contribution in [0.15, 0.2) is 60.7 Å². The van der Waals surface area contributed by atoms with Gasteiger partial charge in [0.25, 0.3) is 0 Å². The van der Waals surface area contributed by atoms with Crippen molar-refractivity contribution < 1.29 is 27.5 Å². The van der Waals surface area contributed by atoms with Crippen LogP contribution in [0.25, 0.3) is 0 Å². The molecule has 1 aliphatic heterocycles. The number of benzene rings is 2. The Morgan fingerprint density at radius 3 is 2.25 bits per heavy atom. The molecule has 0 saturated carbocycles. The lowest BCUT2D eigenvalue weighted by atomic mass is 9.85. The molecule has 0 spiro atoms. The zero-order valence-electron chi connectivity index (χ0n) is 14.9. The molecular weight excluding hydrogens is 373 g/mol. The molecule has 148 valence electrons. The van der Waals surface area contributed by atoms with E-state index < -0.39 is 30.1 Å². The number of carbonyl (C=O) groups is 2. The van der Waals surface area contributed by atoms with E-state index in [2.05, 4.69) is 5.32 Å². The third-order valence-corrected chi connectivity index (χ3v) is 4.66. The molecule has 1 heterocycles. The first kappa shape index (κ1) is 19.9. The number of hydrogen-bond acceptors (Lipinski definition) is 4. The molecule has 0 radical (unpaired) electrons. The number of rotatable bonds is 4. The van der Waals surface area contributed by atoms with Crippen LogP contribution < -0.4 is 5.32 Å². The lowest BCUT2D eigenvalue weighted by molar-refractivity contribution is -0.210. The summed E-state index contributed by atoms with van der Waals surface area (Å²) in [4.78, 5) is 26.0.